The highest BCUT2D eigenvalue weighted by molar-refractivity contribution is 9.10. The van der Waals surface area contributed by atoms with Gasteiger partial charge in [-0.1, -0.05) is 27.5 Å². The number of nitro groups is 1. The zero-order chi connectivity index (χ0) is 17.4. The smallest absolute Gasteiger partial charge is 0.273 e. The van der Waals surface area contributed by atoms with E-state index in [-0.39, 0.29) is 24.2 Å². The van der Waals surface area contributed by atoms with Crippen molar-refractivity contribution in [2.45, 2.75) is 13.0 Å². The molecule has 0 bridgehead atoms. The summed E-state index contributed by atoms with van der Waals surface area (Å²) in [4.78, 5) is 24.4. The number of rotatable bonds is 3. The number of non-ortho nitro benzene ring substituents is 1. The topological polar surface area (TPSA) is 72.7 Å². The molecule has 0 spiro atoms. The summed E-state index contributed by atoms with van der Waals surface area (Å²) in [7, 11) is 0. The zero-order valence-corrected chi connectivity index (χ0v) is 14.9. The van der Waals surface area contributed by atoms with Gasteiger partial charge in [0.2, 0.25) is 0 Å². The normalized spacial score (nSPS) is 14.8. The Balaban J connectivity index is 2.06. The van der Waals surface area contributed by atoms with Crippen molar-refractivity contribution in [3.8, 4) is 5.75 Å². The van der Waals surface area contributed by atoms with Crippen molar-refractivity contribution in [2.24, 2.45) is 0 Å². The second kappa shape index (κ2) is 6.41. The summed E-state index contributed by atoms with van der Waals surface area (Å²) < 4.78 is 6.18. The average molecular weight is 412 g/mol. The van der Waals surface area contributed by atoms with Gasteiger partial charge in [-0.15, -0.1) is 0 Å². The molecule has 1 atom stereocenters. The molecule has 6 nitrogen and oxygen atoms in total. The van der Waals surface area contributed by atoms with Crippen molar-refractivity contribution in [1.29, 1.82) is 0 Å². The predicted octanol–water partition coefficient (Wildman–Crippen LogP) is 4.50. The van der Waals surface area contributed by atoms with E-state index in [1.807, 2.05) is 13.0 Å². The van der Waals surface area contributed by atoms with Crippen LogP contribution in [0.1, 0.15) is 18.5 Å². The third-order valence-electron chi connectivity index (χ3n) is 3.83. The number of fused-ring (bicyclic) bond motifs is 1. The molecule has 1 unspecified atom stereocenters. The average Bonchev–Trinajstić information content (AvgIpc) is 2.56. The van der Waals surface area contributed by atoms with Crippen LogP contribution in [-0.2, 0) is 4.79 Å². The maximum atomic E-state index is 12.4. The second-order valence-corrected chi connectivity index (χ2v) is 6.59. The van der Waals surface area contributed by atoms with Gasteiger partial charge in [0.05, 0.1) is 22.7 Å². The molecule has 1 heterocycles. The van der Waals surface area contributed by atoms with Gasteiger partial charge in [0.15, 0.2) is 12.4 Å². The molecule has 24 heavy (non-hydrogen) atoms. The summed E-state index contributed by atoms with van der Waals surface area (Å²) >= 11 is 9.54. The number of nitro benzene ring substituents is 1. The molecule has 0 N–H and O–H groups in total. The van der Waals surface area contributed by atoms with E-state index >= 15 is 0 Å². The number of amides is 1. The molecule has 0 fully saturated rings. The number of carbonyl (C=O) groups excluding carboxylic acids is 1. The molecule has 0 aromatic heterocycles. The fourth-order valence-electron chi connectivity index (χ4n) is 2.67. The van der Waals surface area contributed by atoms with E-state index in [9.17, 15) is 14.9 Å². The maximum Gasteiger partial charge on any atom is 0.273 e. The lowest BCUT2D eigenvalue weighted by molar-refractivity contribution is -0.384. The number of benzene rings is 2. The molecule has 124 valence electrons. The molecule has 0 aliphatic carbocycles. The van der Waals surface area contributed by atoms with Crippen molar-refractivity contribution in [3.05, 3.63) is 61.6 Å². The first-order chi connectivity index (χ1) is 11.4. The van der Waals surface area contributed by atoms with E-state index in [2.05, 4.69) is 15.9 Å². The first kappa shape index (κ1) is 16.7. The molecule has 3 rings (SSSR count). The lowest BCUT2D eigenvalue weighted by atomic mass is 10.0. The molecular weight excluding hydrogens is 400 g/mol. The van der Waals surface area contributed by atoms with Gasteiger partial charge in [-0.2, -0.15) is 0 Å². The van der Waals surface area contributed by atoms with Gasteiger partial charge in [0.25, 0.3) is 11.6 Å². The van der Waals surface area contributed by atoms with Crippen LogP contribution in [0.15, 0.2) is 40.9 Å². The van der Waals surface area contributed by atoms with Crippen LogP contribution in [0.3, 0.4) is 0 Å². The number of ether oxygens (including phenoxy) is 1. The molecule has 0 radical (unpaired) electrons. The van der Waals surface area contributed by atoms with Gasteiger partial charge >= 0.3 is 0 Å². The first-order valence-electron chi connectivity index (χ1n) is 7.06. The van der Waals surface area contributed by atoms with Crippen LogP contribution in [0.5, 0.6) is 5.75 Å². The molecule has 1 aliphatic rings. The molecule has 1 amide bonds. The van der Waals surface area contributed by atoms with Crippen molar-refractivity contribution in [2.75, 3.05) is 11.5 Å². The van der Waals surface area contributed by atoms with E-state index in [4.69, 9.17) is 16.3 Å². The highest BCUT2D eigenvalue weighted by atomic mass is 79.9. The molecule has 2 aromatic rings. The standard InChI is InChI=1S/C16H12BrClN2O4/c1-9(12-6-10(18)2-4-13(12)17)19-14-5-3-11(20(22)23)7-15(14)24-8-16(19)21/h2-7,9H,8H2,1H3. The minimum atomic E-state index is -0.499. The van der Waals surface area contributed by atoms with Gasteiger partial charge in [0, 0.05) is 15.6 Å². The second-order valence-electron chi connectivity index (χ2n) is 5.30. The number of hydrogen-bond acceptors (Lipinski definition) is 4. The molecule has 0 saturated carbocycles. The minimum Gasteiger partial charge on any atom is -0.481 e. The highest BCUT2D eigenvalue weighted by Crippen LogP contribution is 2.41. The van der Waals surface area contributed by atoms with Crippen molar-refractivity contribution >= 4 is 44.8 Å². The third-order valence-corrected chi connectivity index (χ3v) is 4.79. The minimum absolute atomic E-state index is 0.0837. The van der Waals surface area contributed by atoms with E-state index < -0.39 is 4.92 Å². The summed E-state index contributed by atoms with van der Waals surface area (Å²) in [5.74, 6) is 0.0875. The summed E-state index contributed by atoms with van der Waals surface area (Å²) in [6.07, 6.45) is 0. The SMILES string of the molecule is CC(c1cc(Cl)ccc1Br)N1C(=O)COc2cc([N+](=O)[O-])ccc21. The number of halogens is 2. The van der Waals surface area contributed by atoms with E-state index in [0.717, 1.165) is 10.0 Å². The van der Waals surface area contributed by atoms with Crippen LogP contribution in [0, 0.1) is 10.1 Å². The van der Waals surface area contributed by atoms with Crippen LogP contribution >= 0.6 is 27.5 Å². The summed E-state index contributed by atoms with van der Waals surface area (Å²) in [5, 5.41) is 11.5. The molecule has 8 heteroatoms. The van der Waals surface area contributed by atoms with Gasteiger partial charge < -0.3 is 4.74 Å². The highest BCUT2D eigenvalue weighted by Gasteiger charge is 2.32. The van der Waals surface area contributed by atoms with Crippen molar-refractivity contribution in [3.63, 3.8) is 0 Å². The van der Waals surface area contributed by atoms with E-state index in [1.54, 1.807) is 17.0 Å². The van der Waals surface area contributed by atoms with Crippen LogP contribution in [0.4, 0.5) is 11.4 Å². The predicted molar refractivity (Wildman–Crippen MR) is 93.6 cm³/mol. The number of nitrogens with zero attached hydrogens (tertiary/aromatic N) is 2. The Morgan fingerprint density at radius 1 is 1.33 bits per heavy atom. The van der Waals surface area contributed by atoms with Crippen LogP contribution < -0.4 is 9.64 Å². The van der Waals surface area contributed by atoms with Gasteiger partial charge in [0.1, 0.15) is 0 Å². The van der Waals surface area contributed by atoms with Gasteiger partial charge in [-0.25, -0.2) is 0 Å². The number of hydrogen-bond donors (Lipinski definition) is 0. The largest absolute Gasteiger partial charge is 0.481 e. The molecule has 2 aromatic carbocycles. The fraction of sp³-hybridized carbons (Fsp3) is 0.188. The molecule has 0 saturated heterocycles. The van der Waals surface area contributed by atoms with Crippen LogP contribution in [0.2, 0.25) is 5.02 Å². The number of anilines is 1. The number of carbonyl (C=O) groups is 1. The lowest BCUT2D eigenvalue weighted by Gasteiger charge is -2.34. The Morgan fingerprint density at radius 2 is 2.08 bits per heavy atom. The molecular formula is C16H12BrClN2O4. The summed E-state index contributed by atoms with van der Waals surface area (Å²) in [6.45, 7) is 1.70. The summed E-state index contributed by atoms with van der Waals surface area (Å²) in [5.41, 5.74) is 1.25. The van der Waals surface area contributed by atoms with E-state index in [0.29, 0.717) is 16.5 Å². The summed E-state index contributed by atoms with van der Waals surface area (Å²) in [6, 6.07) is 9.23. The van der Waals surface area contributed by atoms with Crippen molar-refractivity contribution < 1.29 is 14.5 Å². The lowest BCUT2D eigenvalue weighted by Crippen LogP contribution is -2.40. The van der Waals surface area contributed by atoms with Gasteiger partial charge in [-0.3, -0.25) is 19.8 Å². The Labute approximate surface area is 151 Å². The molecule has 1 aliphatic heterocycles. The fourth-order valence-corrected chi connectivity index (χ4v) is 3.43. The first-order valence-corrected chi connectivity index (χ1v) is 8.24. The van der Waals surface area contributed by atoms with E-state index in [1.165, 1.54) is 18.2 Å². The quantitative estimate of drug-likeness (QED) is 0.551. The Kier molecular flexibility index (Phi) is 4.47. The zero-order valence-electron chi connectivity index (χ0n) is 12.5. The maximum absolute atomic E-state index is 12.4. The van der Waals surface area contributed by atoms with Crippen LogP contribution in [0.25, 0.3) is 0 Å². The third kappa shape index (κ3) is 2.97. The van der Waals surface area contributed by atoms with Crippen molar-refractivity contribution in [1.82, 2.24) is 0 Å². The van der Waals surface area contributed by atoms with Gasteiger partial charge in [-0.05, 0) is 36.8 Å². The Morgan fingerprint density at radius 3 is 2.79 bits per heavy atom. The Bertz CT molecular complexity index is 843. The monoisotopic (exact) mass is 410 g/mol. The Hall–Kier alpha value is -2.12. The van der Waals surface area contributed by atoms with Crippen LogP contribution in [-0.4, -0.2) is 17.4 Å².